The minimum absolute atomic E-state index is 0.110. The SMILES string of the molecule is CCOC(=O)NCCC(=O)NC(Cc1ccccc1)c1ccccc1. The van der Waals surface area contributed by atoms with Gasteiger partial charge in [-0.3, -0.25) is 4.79 Å². The third-order valence-electron chi connectivity index (χ3n) is 3.72. The Hall–Kier alpha value is -2.82. The van der Waals surface area contributed by atoms with E-state index in [0.29, 0.717) is 13.0 Å². The number of carbonyl (C=O) groups is 2. The zero-order valence-electron chi connectivity index (χ0n) is 14.4. The van der Waals surface area contributed by atoms with Gasteiger partial charge in [0.25, 0.3) is 0 Å². The van der Waals surface area contributed by atoms with Crippen LogP contribution in [0.25, 0.3) is 0 Å². The van der Waals surface area contributed by atoms with Crippen molar-refractivity contribution in [3.05, 3.63) is 71.8 Å². The first-order chi connectivity index (χ1) is 12.2. The van der Waals surface area contributed by atoms with Crippen LogP contribution >= 0.6 is 0 Å². The van der Waals surface area contributed by atoms with Gasteiger partial charge in [0.05, 0.1) is 12.6 Å². The molecule has 132 valence electrons. The highest BCUT2D eigenvalue weighted by molar-refractivity contribution is 5.77. The van der Waals surface area contributed by atoms with Gasteiger partial charge in [-0.15, -0.1) is 0 Å². The van der Waals surface area contributed by atoms with Crippen LogP contribution in [0.2, 0.25) is 0 Å². The van der Waals surface area contributed by atoms with Crippen molar-refractivity contribution in [2.24, 2.45) is 0 Å². The summed E-state index contributed by atoms with van der Waals surface area (Å²) in [5.41, 5.74) is 2.21. The highest BCUT2D eigenvalue weighted by Gasteiger charge is 2.15. The van der Waals surface area contributed by atoms with E-state index in [1.807, 2.05) is 60.7 Å². The van der Waals surface area contributed by atoms with E-state index in [1.54, 1.807) is 6.92 Å². The van der Waals surface area contributed by atoms with E-state index >= 15 is 0 Å². The molecule has 2 amide bonds. The molecule has 5 nitrogen and oxygen atoms in total. The third kappa shape index (κ3) is 6.67. The Kier molecular flexibility index (Phi) is 7.50. The molecular weight excluding hydrogens is 316 g/mol. The summed E-state index contributed by atoms with van der Waals surface area (Å²) in [7, 11) is 0. The van der Waals surface area contributed by atoms with Crippen molar-refractivity contribution in [1.82, 2.24) is 10.6 Å². The Morgan fingerprint density at radius 2 is 1.64 bits per heavy atom. The van der Waals surface area contributed by atoms with E-state index in [9.17, 15) is 9.59 Å². The lowest BCUT2D eigenvalue weighted by Gasteiger charge is -2.19. The first-order valence-corrected chi connectivity index (χ1v) is 8.48. The number of nitrogens with one attached hydrogen (secondary N) is 2. The normalized spacial score (nSPS) is 11.4. The molecule has 2 aromatic carbocycles. The molecule has 0 saturated carbocycles. The van der Waals surface area contributed by atoms with E-state index in [-0.39, 0.29) is 24.9 Å². The van der Waals surface area contributed by atoms with Crippen molar-refractivity contribution in [3.63, 3.8) is 0 Å². The predicted octanol–water partition coefficient (Wildman–Crippen LogP) is 3.22. The standard InChI is InChI=1S/C20H24N2O3/c1-2-25-20(24)21-14-13-19(23)22-18(17-11-7-4-8-12-17)15-16-9-5-3-6-10-16/h3-12,18H,2,13-15H2,1H3,(H,21,24)(H,22,23). The number of hydrogen-bond donors (Lipinski definition) is 2. The van der Waals surface area contributed by atoms with Crippen LogP contribution in [0.4, 0.5) is 4.79 Å². The lowest BCUT2D eigenvalue weighted by atomic mass is 9.98. The van der Waals surface area contributed by atoms with Crippen molar-refractivity contribution < 1.29 is 14.3 Å². The van der Waals surface area contributed by atoms with Crippen molar-refractivity contribution in [1.29, 1.82) is 0 Å². The maximum atomic E-state index is 12.3. The molecule has 1 unspecified atom stereocenters. The van der Waals surface area contributed by atoms with Crippen LogP contribution in [0.15, 0.2) is 60.7 Å². The quantitative estimate of drug-likeness (QED) is 0.775. The maximum Gasteiger partial charge on any atom is 0.407 e. The fourth-order valence-corrected chi connectivity index (χ4v) is 2.51. The zero-order chi connectivity index (χ0) is 17.9. The van der Waals surface area contributed by atoms with Crippen molar-refractivity contribution in [2.75, 3.05) is 13.2 Å². The largest absolute Gasteiger partial charge is 0.450 e. The molecule has 0 radical (unpaired) electrons. The Morgan fingerprint density at radius 3 is 2.28 bits per heavy atom. The van der Waals surface area contributed by atoms with Crippen molar-refractivity contribution >= 4 is 12.0 Å². The molecule has 2 aromatic rings. The van der Waals surface area contributed by atoms with Crippen molar-refractivity contribution in [3.8, 4) is 0 Å². The van der Waals surface area contributed by atoms with Crippen LogP contribution in [0.3, 0.4) is 0 Å². The summed E-state index contributed by atoms with van der Waals surface area (Å²) in [5, 5.41) is 5.61. The molecule has 0 heterocycles. The highest BCUT2D eigenvalue weighted by atomic mass is 16.5. The minimum Gasteiger partial charge on any atom is -0.450 e. The molecule has 0 fully saturated rings. The molecular formula is C20H24N2O3. The predicted molar refractivity (Wildman–Crippen MR) is 97.1 cm³/mol. The molecule has 1 atom stereocenters. The Morgan fingerprint density at radius 1 is 1.00 bits per heavy atom. The number of carbonyl (C=O) groups excluding carboxylic acids is 2. The zero-order valence-corrected chi connectivity index (χ0v) is 14.4. The molecule has 0 saturated heterocycles. The van der Waals surface area contributed by atoms with Gasteiger partial charge in [0, 0.05) is 13.0 Å². The Bertz CT molecular complexity index is 659. The molecule has 0 aromatic heterocycles. The monoisotopic (exact) mass is 340 g/mol. The van der Waals surface area contributed by atoms with Gasteiger partial charge in [0.1, 0.15) is 0 Å². The topological polar surface area (TPSA) is 67.4 Å². The number of rotatable bonds is 8. The van der Waals surface area contributed by atoms with Gasteiger partial charge in [0.2, 0.25) is 5.91 Å². The van der Waals surface area contributed by atoms with Crippen LogP contribution < -0.4 is 10.6 Å². The third-order valence-corrected chi connectivity index (χ3v) is 3.72. The Balaban J connectivity index is 1.94. The van der Waals surface area contributed by atoms with E-state index in [2.05, 4.69) is 10.6 Å². The van der Waals surface area contributed by atoms with E-state index in [4.69, 9.17) is 4.74 Å². The summed E-state index contributed by atoms with van der Waals surface area (Å²) < 4.78 is 4.77. The number of amides is 2. The summed E-state index contributed by atoms with van der Waals surface area (Å²) in [4.78, 5) is 23.5. The van der Waals surface area contributed by atoms with Crippen molar-refractivity contribution in [2.45, 2.75) is 25.8 Å². The lowest BCUT2D eigenvalue weighted by molar-refractivity contribution is -0.121. The van der Waals surface area contributed by atoms with Gasteiger partial charge in [-0.05, 0) is 24.5 Å². The van der Waals surface area contributed by atoms with E-state index in [1.165, 1.54) is 0 Å². The number of ether oxygens (including phenoxy) is 1. The molecule has 0 spiro atoms. The minimum atomic E-state index is -0.501. The summed E-state index contributed by atoms with van der Waals surface area (Å²) in [6.07, 6.45) is 0.415. The summed E-state index contributed by atoms with van der Waals surface area (Å²) >= 11 is 0. The molecule has 2 N–H and O–H groups in total. The van der Waals surface area contributed by atoms with Crippen LogP contribution in [0.1, 0.15) is 30.5 Å². The number of alkyl carbamates (subject to hydrolysis) is 1. The smallest absolute Gasteiger partial charge is 0.407 e. The molecule has 5 heteroatoms. The molecule has 0 aliphatic heterocycles. The molecule has 25 heavy (non-hydrogen) atoms. The lowest BCUT2D eigenvalue weighted by Crippen LogP contribution is -2.34. The molecule has 2 rings (SSSR count). The highest BCUT2D eigenvalue weighted by Crippen LogP contribution is 2.18. The molecule has 0 bridgehead atoms. The van der Waals surface area contributed by atoms with Crippen LogP contribution in [0, 0.1) is 0 Å². The fourth-order valence-electron chi connectivity index (χ4n) is 2.51. The van der Waals surface area contributed by atoms with Gasteiger partial charge in [-0.25, -0.2) is 4.79 Å². The van der Waals surface area contributed by atoms with Crippen LogP contribution in [-0.2, 0) is 16.0 Å². The molecule has 0 aliphatic rings. The second kappa shape index (κ2) is 10.1. The summed E-state index contributed by atoms with van der Waals surface area (Å²) in [5.74, 6) is -0.110. The van der Waals surface area contributed by atoms with Gasteiger partial charge in [0.15, 0.2) is 0 Å². The number of benzene rings is 2. The van der Waals surface area contributed by atoms with Crippen LogP contribution in [-0.4, -0.2) is 25.2 Å². The van der Waals surface area contributed by atoms with Gasteiger partial charge >= 0.3 is 6.09 Å². The van der Waals surface area contributed by atoms with Gasteiger partial charge < -0.3 is 15.4 Å². The summed E-state index contributed by atoms with van der Waals surface area (Å²) in [6, 6.07) is 19.8. The Labute approximate surface area is 148 Å². The molecule has 0 aliphatic carbocycles. The first-order valence-electron chi connectivity index (χ1n) is 8.48. The van der Waals surface area contributed by atoms with E-state index in [0.717, 1.165) is 11.1 Å². The average Bonchev–Trinajstić information content (AvgIpc) is 2.63. The summed E-state index contributed by atoms with van der Waals surface area (Å²) in [6.45, 7) is 2.29. The number of hydrogen-bond acceptors (Lipinski definition) is 3. The van der Waals surface area contributed by atoms with Crippen LogP contribution in [0.5, 0.6) is 0 Å². The fraction of sp³-hybridized carbons (Fsp3) is 0.300. The second-order valence-corrected chi connectivity index (χ2v) is 5.62. The van der Waals surface area contributed by atoms with Gasteiger partial charge in [-0.2, -0.15) is 0 Å². The first kappa shape index (κ1) is 18.5. The maximum absolute atomic E-state index is 12.3. The average molecular weight is 340 g/mol. The van der Waals surface area contributed by atoms with E-state index < -0.39 is 6.09 Å². The van der Waals surface area contributed by atoms with Gasteiger partial charge in [-0.1, -0.05) is 60.7 Å². The second-order valence-electron chi connectivity index (χ2n) is 5.62.